The fraction of sp³-hybridized carbons (Fsp3) is 0.263. The molecule has 2 aromatic heterocycles. The molecule has 1 amide bonds. The molecule has 1 aliphatic carbocycles. The number of amides is 1. The van der Waals surface area contributed by atoms with Crippen molar-refractivity contribution in [1.82, 2.24) is 10.2 Å². The number of hydrogen-bond acceptors (Lipinski definition) is 9. The van der Waals surface area contributed by atoms with Gasteiger partial charge in [-0.25, -0.2) is 13.2 Å². The Labute approximate surface area is 176 Å². The van der Waals surface area contributed by atoms with Crippen LogP contribution in [0.15, 0.2) is 40.0 Å². The van der Waals surface area contributed by atoms with E-state index in [1.54, 1.807) is 30.3 Å². The number of carbonyl (C=O) groups is 2. The van der Waals surface area contributed by atoms with E-state index in [1.807, 2.05) is 0 Å². The summed E-state index contributed by atoms with van der Waals surface area (Å²) in [6, 6.07) is 8.68. The van der Waals surface area contributed by atoms with E-state index in [0.717, 1.165) is 23.3 Å². The van der Waals surface area contributed by atoms with Crippen LogP contribution in [0.3, 0.4) is 0 Å². The molecule has 0 saturated carbocycles. The maximum Gasteiger partial charge on any atom is 0.341 e. The summed E-state index contributed by atoms with van der Waals surface area (Å²) in [4.78, 5) is 25.6. The number of methoxy groups -OCH3 is 1. The number of rotatable bonds is 6. The van der Waals surface area contributed by atoms with Crippen LogP contribution >= 0.6 is 11.3 Å². The highest BCUT2D eigenvalue weighted by molar-refractivity contribution is 7.91. The molecule has 0 bridgehead atoms. The molecule has 0 aliphatic heterocycles. The van der Waals surface area contributed by atoms with Crippen LogP contribution in [0, 0.1) is 0 Å². The number of ether oxygens (including phenoxy) is 1. The van der Waals surface area contributed by atoms with Gasteiger partial charge in [0, 0.05) is 10.4 Å². The molecule has 0 saturated heterocycles. The molecule has 1 aliphatic rings. The highest BCUT2D eigenvalue weighted by Crippen LogP contribution is 2.39. The fourth-order valence-electron chi connectivity index (χ4n) is 3.24. The van der Waals surface area contributed by atoms with Gasteiger partial charge in [-0.2, -0.15) is 0 Å². The molecule has 2 heterocycles. The standard InChI is InChI=1S/C19H17N3O6S2/c1-27-18(24)15-12-8-5-9-13(12)29-17(15)20-14(23)10-30(25,26)19-22-21-16(28-19)11-6-3-2-4-7-11/h2-4,6-7H,5,8-10H2,1H3,(H,20,23). The third-order valence-corrected chi connectivity index (χ3v) is 7.12. The third kappa shape index (κ3) is 3.85. The number of aromatic nitrogens is 2. The van der Waals surface area contributed by atoms with Gasteiger partial charge in [0.05, 0.1) is 12.7 Å². The first kappa shape index (κ1) is 20.2. The number of aryl methyl sites for hydroxylation is 1. The van der Waals surface area contributed by atoms with E-state index in [4.69, 9.17) is 9.15 Å². The summed E-state index contributed by atoms with van der Waals surface area (Å²) in [5, 5.41) is 9.49. The Kier molecular flexibility index (Phi) is 5.39. The Morgan fingerprint density at radius 1 is 1.20 bits per heavy atom. The SMILES string of the molecule is COC(=O)c1c(NC(=O)CS(=O)(=O)c2nnc(-c3ccccc3)o2)sc2c1CCC2. The van der Waals surface area contributed by atoms with Crippen molar-refractivity contribution in [3.05, 3.63) is 46.3 Å². The summed E-state index contributed by atoms with van der Waals surface area (Å²) in [6.45, 7) is 0. The van der Waals surface area contributed by atoms with Crippen LogP contribution in [-0.2, 0) is 32.2 Å². The molecule has 0 spiro atoms. The van der Waals surface area contributed by atoms with Crippen molar-refractivity contribution in [3.8, 4) is 11.5 Å². The normalized spacial score (nSPS) is 13.1. The van der Waals surface area contributed by atoms with Crippen molar-refractivity contribution in [2.45, 2.75) is 24.5 Å². The van der Waals surface area contributed by atoms with Crippen LogP contribution in [0.4, 0.5) is 5.00 Å². The molecule has 0 fully saturated rings. The highest BCUT2D eigenvalue weighted by Gasteiger charge is 2.30. The van der Waals surface area contributed by atoms with Gasteiger partial charge in [-0.05, 0) is 37.0 Å². The Balaban J connectivity index is 1.52. The Bertz CT molecular complexity index is 1210. The van der Waals surface area contributed by atoms with Gasteiger partial charge < -0.3 is 14.5 Å². The Hall–Kier alpha value is -3.05. The second-order valence-corrected chi connectivity index (χ2v) is 9.57. The number of fused-ring (bicyclic) bond motifs is 1. The van der Waals surface area contributed by atoms with Crippen molar-refractivity contribution in [3.63, 3.8) is 0 Å². The Morgan fingerprint density at radius 3 is 2.70 bits per heavy atom. The minimum absolute atomic E-state index is 0.0391. The van der Waals surface area contributed by atoms with Gasteiger partial charge in [-0.1, -0.05) is 23.3 Å². The lowest BCUT2D eigenvalue weighted by molar-refractivity contribution is -0.113. The molecular formula is C19H17N3O6S2. The first-order chi connectivity index (χ1) is 14.4. The molecule has 0 unspecified atom stereocenters. The molecular weight excluding hydrogens is 430 g/mol. The van der Waals surface area contributed by atoms with E-state index >= 15 is 0 Å². The van der Waals surface area contributed by atoms with Gasteiger partial charge >= 0.3 is 11.2 Å². The summed E-state index contributed by atoms with van der Waals surface area (Å²) in [6.07, 6.45) is 2.45. The first-order valence-electron chi connectivity index (χ1n) is 9.03. The second-order valence-electron chi connectivity index (χ2n) is 6.60. The van der Waals surface area contributed by atoms with E-state index in [2.05, 4.69) is 15.5 Å². The van der Waals surface area contributed by atoms with Crippen LogP contribution in [-0.4, -0.2) is 43.4 Å². The predicted molar refractivity (Wildman–Crippen MR) is 108 cm³/mol. The zero-order valence-electron chi connectivity index (χ0n) is 15.9. The molecule has 1 aromatic carbocycles. The van der Waals surface area contributed by atoms with Gasteiger partial charge in [-0.15, -0.1) is 16.4 Å². The van der Waals surface area contributed by atoms with E-state index < -0.39 is 32.7 Å². The summed E-state index contributed by atoms with van der Waals surface area (Å²) in [5.74, 6) is -2.22. The largest absolute Gasteiger partial charge is 0.465 e. The van der Waals surface area contributed by atoms with Crippen LogP contribution in [0.5, 0.6) is 0 Å². The van der Waals surface area contributed by atoms with Crippen LogP contribution < -0.4 is 5.32 Å². The molecule has 11 heteroatoms. The summed E-state index contributed by atoms with van der Waals surface area (Å²) < 4.78 is 35.2. The predicted octanol–water partition coefficient (Wildman–Crippen LogP) is 2.49. The molecule has 0 radical (unpaired) electrons. The molecule has 0 atom stereocenters. The molecule has 156 valence electrons. The monoisotopic (exact) mass is 447 g/mol. The molecule has 9 nitrogen and oxygen atoms in total. The van der Waals surface area contributed by atoms with Gasteiger partial charge in [0.15, 0.2) is 0 Å². The number of nitrogens with one attached hydrogen (secondary N) is 1. The summed E-state index contributed by atoms with van der Waals surface area (Å²) in [7, 11) is -2.90. The van der Waals surface area contributed by atoms with Crippen molar-refractivity contribution in [2.75, 3.05) is 18.2 Å². The zero-order chi connectivity index (χ0) is 21.3. The van der Waals surface area contributed by atoms with Crippen LogP contribution in [0.1, 0.15) is 27.2 Å². The first-order valence-corrected chi connectivity index (χ1v) is 11.5. The molecule has 4 rings (SSSR count). The van der Waals surface area contributed by atoms with Crippen LogP contribution in [0.2, 0.25) is 0 Å². The summed E-state index contributed by atoms with van der Waals surface area (Å²) in [5.41, 5.74) is 1.71. The Morgan fingerprint density at radius 2 is 1.97 bits per heavy atom. The van der Waals surface area contributed by atoms with Crippen molar-refractivity contribution >= 4 is 38.1 Å². The number of sulfone groups is 1. The fourth-order valence-corrected chi connectivity index (χ4v) is 5.45. The zero-order valence-corrected chi connectivity index (χ0v) is 17.5. The van der Waals surface area contributed by atoms with Crippen molar-refractivity contribution < 1.29 is 27.2 Å². The van der Waals surface area contributed by atoms with E-state index in [0.29, 0.717) is 22.5 Å². The van der Waals surface area contributed by atoms with Gasteiger partial charge in [-0.3, -0.25) is 4.79 Å². The average molecular weight is 447 g/mol. The smallest absolute Gasteiger partial charge is 0.341 e. The highest BCUT2D eigenvalue weighted by atomic mass is 32.2. The number of hydrogen-bond donors (Lipinski definition) is 1. The lowest BCUT2D eigenvalue weighted by Crippen LogP contribution is -2.24. The average Bonchev–Trinajstić information content (AvgIpc) is 3.44. The number of anilines is 1. The number of esters is 1. The molecule has 3 aromatic rings. The number of thiophene rings is 1. The van der Waals surface area contributed by atoms with E-state index in [1.165, 1.54) is 18.4 Å². The quantitative estimate of drug-likeness (QED) is 0.571. The molecule has 1 N–H and O–H groups in total. The molecule has 30 heavy (non-hydrogen) atoms. The van der Waals surface area contributed by atoms with Crippen molar-refractivity contribution in [1.29, 1.82) is 0 Å². The van der Waals surface area contributed by atoms with Gasteiger partial charge in [0.1, 0.15) is 10.8 Å². The van der Waals surface area contributed by atoms with Gasteiger partial charge in [0.2, 0.25) is 21.6 Å². The minimum atomic E-state index is -4.16. The number of nitrogens with zero attached hydrogens (tertiary/aromatic N) is 2. The summed E-state index contributed by atoms with van der Waals surface area (Å²) >= 11 is 1.26. The topological polar surface area (TPSA) is 128 Å². The lowest BCUT2D eigenvalue weighted by atomic mass is 10.1. The maximum absolute atomic E-state index is 12.5. The minimum Gasteiger partial charge on any atom is -0.465 e. The van der Waals surface area contributed by atoms with E-state index in [-0.39, 0.29) is 5.89 Å². The van der Waals surface area contributed by atoms with Crippen molar-refractivity contribution in [2.24, 2.45) is 0 Å². The lowest BCUT2D eigenvalue weighted by Gasteiger charge is -2.06. The second kappa shape index (κ2) is 8.00. The number of benzene rings is 1. The maximum atomic E-state index is 12.5. The van der Waals surface area contributed by atoms with E-state index in [9.17, 15) is 18.0 Å². The number of carbonyl (C=O) groups excluding carboxylic acids is 2. The van der Waals surface area contributed by atoms with Crippen LogP contribution in [0.25, 0.3) is 11.5 Å². The van der Waals surface area contributed by atoms with Gasteiger partial charge in [0.25, 0.3) is 0 Å². The third-order valence-electron chi connectivity index (χ3n) is 4.58.